The molecule has 0 aromatic heterocycles. The topological polar surface area (TPSA) is 12.5 Å². The van der Waals surface area contributed by atoms with Gasteiger partial charge in [-0.2, -0.15) is 0 Å². The lowest BCUT2D eigenvalue weighted by molar-refractivity contribution is 0.109. The highest BCUT2D eigenvalue weighted by atomic mass is 28.4. The van der Waals surface area contributed by atoms with Gasteiger partial charge in [-0.1, -0.05) is 39.3 Å². The Balaban J connectivity index is 4.41. The maximum absolute atomic E-state index is 5.63. The van der Waals surface area contributed by atoms with Gasteiger partial charge in [0, 0.05) is 5.60 Å². The van der Waals surface area contributed by atoms with E-state index in [1.807, 2.05) is 0 Å². The van der Waals surface area contributed by atoms with Gasteiger partial charge in [-0.15, -0.1) is 0 Å². The van der Waals surface area contributed by atoms with Crippen molar-refractivity contribution in [3.63, 3.8) is 0 Å². The predicted octanol–water partition coefficient (Wildman–Crippen LogP) is 2.81. The van der Waals surface area contributed by atoms with Crippen molar-refractivity contribution < 1.29 is 4.43 Å². The summed E-state index contributed by atoms with van der Waals surface area (Å²) in [7, 11) is -1.48. The Labute approximate surface area is 114 Å². The van der Waals surface area contributed by atoms with Gasteiger partial charge in [-0.3, -0.25) is 0 Å². The molecule has 5 heteroatoms. The van der Waals surface area contributed by atoms with Crippen molar-refractivity contribution >= 4 is 27.0 Å². The fourth-order valence-electron chi connectivity index (χ4n) is 2.44. The zero-order chi connectivity index (χ0) is 13.9. The van der Waals surface area contributed by atoms with Crippen LogP contribution in [0.2, 0.25) is 39.3 Å². The minimum Gasteiger partial charge on any atom is -0.423 e. The Bertz CT molecular complexity index is 217. The lowest BCUT2D eigenvalue weighted by Gasteiger charge is -2.44. The van der Waals surface area contributed by atoms with Gasteiger partial charge in [-0.05, 0) is 33.2 Å². The first-order chi connectivity index (χ1) is 7.40. The van der Waals surface area contributed by atoms with Crippen LogP contribution in [0.5, 0.6) is 0 Å². The molecule has 0 heterocycles. The maximum atomic E-state index is 5.63. The summed E-state index contributed by atoms with van der Waals surface area (Å²) in [6.45, 7) is 20.5. The molecular formula is C12H33NOSi3. The monoisotopic (exact) mass is 291 g/mol. The van der Waals surface area contributed by atoms with E-state index in [2.05, 4.69) is 57.4 Å². The molecule has 0 atom stereocenters. The van der Waals surface area contributed by atoms with Crippen LogP contribution in [0, 0.1) is 0 Å². The summed E-state index contributed by atoms with van der Waals surface area (Å²) in [5.74, 6) is 0. The van der Waals surface area contributed by atoms with E-state index in [4.69, 9.17) is 4.43 Å². The Morgan fingerprint density at radius 3 is 1.71 bits per heavy atom. The first-order valence-corrected chi connectivity index (χ1v) is 14.4. The van der Waals surface area contributed by atoms with Crippen molar-refractivity contribution in [2.75, 3.05) is 6.54 Å². The highest BCUT2D eigenvalue weighted by Gasteiger charge is 2.33. The third kappa shape index (κ3) is 6.91. The smallest absolute Gasteiger partial charge is 0.146 e. The summed E-state index contributed by atoms with van der Waals surface area (Å²) < 4.78 is 8.50. The van der Waals surface area contributed by atoms with Crippen LogP contribution in [0.3, 0.4) is 0 Å². The van der Waals surface area contributed by atoms with Crippen LogP contribution in [-0.2, 0) is 4.43 Å². The fraction of sp³-hybridized carbons (Fsp3) is 1.00. The van der Waals surface area contributed by atoms with Gasteiger partial charge in [0.1, 0.15) is 27.0 Å². The van der Waals surface area contributed by atoms with E-state index < -0.39 is 16.5 Å². The van der Waals surface area contributed by atoms with E-state index in [1.54, 1.807) is 0 Å². The standard InChI is InChI=1S/C12H33NOSi3/c1-12(2,14-15)10-9-11-13(16(3,4)5)17(6,7)8/h9-11H2,1-8,15H3. The molecule has 0 aliphatic heterocycles. The molecule has 2 nitrogen and oxygen atoms in total. The molecule has 0 fully saturated rings. The first kappa shape index (κ1) is 17.6. The van der Waals surface area contributed by atoms with E-state index in [-0.39, 0.29) is 5.60 Å². The second-order valence-electron chi connectivity index (χ2n) is 7.56. The molecule has 0 amide bonds. The maximum Gasteiger partial charge on any atom is 0.146 e. The molecule has 0 saturated heterocycles. The largest absolute Gasteiger partial charge is 0.423 e. The molecule has 0 spiro atoms. The van der Waals surface area contributed by atoms with E-state index in [9.17, 15) is 0 Å². The van der Waals surface area contributed by atoms with Crippen molar-refractivity contribution in [1.82, 2.24) is 4.23 Å². The van der Waals surface area contributed by atoms with Gasteiger partial charge in [-0.25, -0.2) is 0 Å². The second kappa shape index (κ2) is 6.14. The van der Waals surface area contributed by atoms with Crippen LogP contribution in [0.4, 0.5) is 0 Å². The Morgan fingerprint density at radius 2 is 1.41 bits per heavy atom. The van der Waals surface area contributed by atoms with Gasteiger partial charge in [0.25, 0.3) is 0 Å². The minimum absolute atomic E-state index is 0.0940. The van der Waals surface area contributed by atoms with Gasteiger partial charge < -0.3 is 8.66 Å². The molecule has 17 heavy (non-hydrogen) atoms. The summed E-state index contributed by atoms with van der Waals surface area (Å²) in [5.41, 5.74) is 0.0940. The zero-order valence-corrected chi connectivity index (χ0v) is 17.5. The third-order valence-electron chi connectivity index (χ3n) is 3.33. The zero-order valence-electron chi connectivity index (χ0n) is 13.5. The van der Waals surface area contributed by atoms with Crippen LogP contribution in [0.15, 0.2) is 0 Å². The summed E-state index contributed by atoms with van der Waals surface area (Å²) in [4.78, 5) is 0. The van der Waals surface area contributed by atoms with Crippen molar-refractivity contribution in [1.29, 1.82) is 0 Å². The van der Waals surface area contributed by atoms with Crippen LogP contribution < -0.4 is 0 Å². The van der Waals surface area contributed by atoms with Crippen molar-refractivity contribution in [3.05, 3.63) is 0 Å². The SMILES string of the molecule is CC(C)(CCCN([Si](C)(C)C)[Si](C)(C)C)O[SiH3]. The minimum atomic E-state index is -1.17. The van der Waals surface area contributed by atoms with Gasteiger partial charge >= 0.3 is 0 Å². The Morgan fingerprint density at radius 1 is 1.00 bits per heavy atom. The molecule has 0 unspecified atom stereocenters. The number of rotatable bonds is 7. The second-order valence-corrected chi connectivity index (χ2v) is 18.2. The highest BCUT2D eigenvalue weighted by Crippen LogP contribution is 2.22. The fourth-order valence-corrected chi connectivity index (χ4v) is 12.4. The highest BCUT2D eigenvalue weighted by molar-refractivity contribution is 6.89. The molecule has 0 radical (unpaired) electrons. The number of hydrogen-bond donors (Lipinski definition) is 0. The van der Waals surface area contributed by atoms with E-state index >= 15 is 0 Å². The van der Waals surface area contributed by atoms with Gasteiger partial charge in [0.05, 0.1) is 0 Å². The molecular weight excluding hydrogens is 258 g/mol. The molecule has 0 aromatic rings. The Hall–Kier alpha value is 0.571. The van der Waals surface area contributed by atoms with Crippen LogP contribution in [-0.4, -0.2) is 43.3 Å². The molecule has 0 bridgehead atoms. The normalized spacial score (nSPS) is 14.6. The number of hydrogen-bond acceptors (Lipinski definition) is 2. The average Bonchev–Trinajstić information content (AvgIpc) is 2.08. The summed E-state index contributed by atoms with van der Waals surface area (Å²) in [6, 6.07) is 0. The van der Waals surface area contributed by atoms with Crippen LogP contribution in [0.25, 0.3) is 0 Å². The lowest BCUT2D eigenvalue weighted by atomic mass is 10.0. The van der Waals surface area contributed by atoms with E-state index in [0.29, 0.717) is 0 Å². The van der Waals surface area contributed by atoms with E-state index in [0.717, 1.165) is 10.5 Å². The average molecular weight is 292 g/mol. The summed E-state index contributed by atoms with van der Waals surface area (Å²) in [5, 5.41) is 0. The molecule has 0 aromatic carbocycles. The number of nitrogens with zero attached hydrogens (tertiary/aromatic N) is 1. The molecule has 0 rings (SSSR count). The van der Waals surface area contributed by atoms with E-state index in [1.165, 1.54) is 19.4 Å². The molecule has 0 N–H and O–H groups in total. The summed E-state index contributed by atoms with van der Waals surface area (Å²) >= 11 is 0. The van der Waals surface area contributed by atoms with Gasteiger partial charge in [0.2, 0.25) is 0 Å². The lowest BCUT2D eigenvalue weighted by Crippen LogP contribution is -2.59. The Kier molecular flexibility index (Phi) is 6.35. The molecule has 0 saturated carbocycles. The molecule has 0 aliphatic carbocycles. The predicted molar refractivity (Wildman–Crippen MR) is 87.7 cm³/mol. The molecule has 0 aliphatic rings. The summed E-state index contributed by atoms with van der Waals surface area (Å²) in [6.07, 6.45) is 2.45. The molecule has 104 valence electrons. The van der Waals surface area contributed by atoms with Crippen molar-refractivity contribution in [2.45, 2.75) is 71.6 Å². The van der Waals surface area contributed by atoms with Crippen molar-refractivity contribution in [2.24, 2.45) is 0 Å². The van der Waals surface area contributed by atoms with Crippen LogP contribution >= 0.6 is 0 Å². The first-order valence-electron chi connectivity index (χ1n) is 6.73. The van der Waals surface area contributed by atoms with Gasteiger partial charge in [0.15, 0.2) is 0 Å². The van der Waals surface area contributed by atoms with Crippen molar-refractivity contribution in [3.8, 4) is 0 Å². The quantitative estimate of drug-likeness (QED) is 0.669. The van der Waals surface area contributed by atoms with Crippen LogP contribution in [0.1, 0.15) is 26.7 Å². The third-order valence-corrected chi connectivity index (χ3v) is 12.1.